The number of hydrogen-bond acceptors (Lipinski definition) is 0. The predicted octanol–water partition coefficient (Wildman–Crippen LogP) is 4.88. The van der Waals surface area contributed by atoms with E-state index in [0.717, 1.165) is 0 Å². The lowest BCUT2D eigenvalue weighted by atomic mass is 9.71. The third-order valence-electron chi connectivity index (χ3n) is 4.48. The maximum atomic E-state index is 2.26. The van der Waals surface area contributed by atoms with Crippen LogP contribution in [0.3, 0.4) is 0 Å². The summed E-state index contributed by atoms with van der Waals surface area (Å²) in [6, 6.07) is 6.64. The molecule has 1 aliphatic rings. The van der Waals surface area contributed by atoms with Crippen LogP contribution in [0.1, 0.15) is 27.8 Å². The molecule has 0 N–H and O–H groups in total. The molecule has 0 aromatic heterocycles. The minimum absolute atomic E-state index is 1.40. The molecule has 0 heteroatoms. The van der Waals surface area contributed by atoms with E-state index in [-0.39, 0.29) is 0 Å². The first-order valence-electron chi connectivity index (χ1n) is 6.24. The molecule has 86 valence electrons. The zero-order valence-electron chi connectivity index (χ0n) is 11.2. The van der Waals surface area contributed by atoms with Crippen molar-refractivity contribution in [3.63, 3.8) is 0 Å². The zero-order valence-corrected chi connectivity index (χ0v) is 11.2. The minimum atomic E-state index is 1.40. The molecule has 0 unspecified atom stereocenters. The molecular formula is C17H18. The Morgan fingerprint density at radius 2 is 1.18 bits per heavy atom. The maximum absolute atomic E-state index is 2.26. The van der Waals surface area contributed by atoms with Crippen LogP contribution in [0.25, 0.3) is 22.3 Å². The number of aryl methyl sites for hydroxylation is 1. The van der Waals surface area contributed by atoms with Crippen molar-refractivity contribution in [1.82, 2.24) is 0 Å². The van der Waals surface area contributed by atoms with E-state index >= 15 is 0 Å². The number of hydrogen-bond donors (Lipinski definition) is 0. The lowest BCUT2D eigenvalue weighted by molar-refractivity contribution is 1.20. The van der Waals surface area contributed by atoms with Crippen LogP contribution in [-0.4, -0.2) is 0 Å². The summed E-state index contributed by atoms with van der Waals surface area (Å²) >= 11 is 0. The molecule has 0 heterocycles. The second-order valence-corrected chi connectivity index (χ2v) is 5.25. The Hall–Kier alpha value is -1.56. The van der Waals surface area contributed by atoms with Gasteiger partial charge in [0.15, 0.2) is 0 Å². The molecule has 0 amide bonds. The SMILES string of the molecule is Cc1cccc2c1-c1c(C)c(C)c(C)c(C)c1-2. The van der Waals surface area contributed by atoms with E-state index < -0.39 is 0 Å². The van der Waals surface area contributed by atoms with E-state index in [4.69, 9.17) is 0 Å². The molecule has 2 aromatic carbocycles. The molecule has 0 spiro atoms. The first kappa shape index (κ1) is 10.6. The summed E-state index contributed by atoms with van der Waals surface area (Å²) in [6.45, 7) is 11.2. The van der Waals surface area contributed by atoms with Crippen molar-refractivity contribution in [2.75, 3.05) is 0 Å². The molecular weight excluding hydrogens is 204 g/mol. The molecule has 0 saturated heterocycles. The van der Waals surface area contributed by atoms with Gasteiger partial charge in [-0.1, -0.05) is 18.2 Å². The van der Waals surface area contributed by atoms with Crippen molar-refractivity contribution in [2.24, 2.45) is 0 Å². The summed E-state index contributed by atoms with van der Waals surface area (Å²) in [5.74, 6) is 0. The van der Waals surface area contributed by atoms with Crippen LogP contribution in [-0.2, 0) is 0 Å². The van der Waals surface area contributed by atoms with Crippen molar-refractivity contribution < 1.29 is 0 Å². The summed E-state index contributed by atoms with van der Waals surface area (Å²) in [6.07, 6.45) is 0. The van der Waals surface area contributed by atoms with Gasteiger partial charge in [0.2, 0.25) is 0 Å². The van der Waals surface area contributed by atoms with Crippen molar-refractivity contribution in [2.45, 2.75) is 34.6 Å². The van der Waals surface area contributed by atoms with Crippen molar-refractivity contribution in [1.29, 1.82) is 0 Å². The fraction of sp³-hybridized carbons (Fsp3) is 0.294. The van der Waals surface area contributed by atoms with Gasteiger partial charge in [0, 0.05) is 0 Å². The van der Waals surface area contributed by atoms with Crippen LogP contribution >= 0.6 is 0 Å². The van der Waals surface area contributed by atoms with Gasteiger partial charge >= 0.3 is 0 Å². The van der Waals surface area contributed by atoms with Crippen LogP contribution in [0.5, 0.6) is 0 Å². The Morgan fingerprint density at radius 3 is 1.82 bits per heavy atom. The van der Waals surface area contributed by atoms with Gasteiger partial charge in [-0.15, -0.1) is 0 Å². The van der Waals surface area contributed by atoms with Crippen LogP contribution in [0.15, 0.2) is 18.2 Å². The van der Waals surface area contributed by atoms with E-state index in [1.807, 2.05) is 0 Å². The van der Waals surface area contributed by atoms with Gasteiger partial charge in [-0.3, -0.25) is 0 Å². The minimum Gasteiger partial charge on any atom is -0.0613 e. The van der Waals surface area contributed by atoms with E-state index in [2.05, 4.69) is 52.8 Å². The highest BCUT2D eigenvalue weighted by molar-refractivity contribution is 6.07. The highest BCUT2D eigenvalue weighted by atomic mass is 14.3. The molecule has 0 radical (unpaired) electrons. The van der Waals surface area contributed by atoms with Crippen LogP contribution < -0.4 is 0 Å². The average Bonchev–Trinajstić information content (AvgIpc) is 2.27. The summed E-state index contributed by atoms with van der Waals surface area (Å²) in [4.78, 5) is 0. The molecule has 1 aliphatic carbocycles. The second kappa shape index (κ2) is 3.22. The largest absolute Gasteiger partial charge is 0.0613 e. The standard InChI is InChI=1S/C17H18/c1-9-7-6-8-14-15(9)17-13(5)11(3)10(2)12(4)16(14)17/h6-8H,1-5H3. The fourth-order valence-corrected chi connectivity index (χ4v) is 3.11. The van der Waals surface area contributed by atoms with Gasteiger partial charge in [-0.2, -0.15) is 0 Å². The smallest absolute Gasteiger partial charge is 0.00615 e. The van der Waals surface area contributed by atoms with Crippen molar-refractivity contribution in [3.8, 4) is 22.3 Å². The van der Waals surface area contributed by atoms with Gasteiger partial charge in [0.05, 0.1) is 0 Å². The zero-order chi connectivity index (χ0) is 12.3. The topological polar surface area (TPSA) is 0 Å². The van der Waals surface area contributed by atoms with Gasteiger partial charge in [0.25, 0.3) is 0 Å². The molecule has 0 bridgehead atoms. The monoisotopic (exact) mass is 222 g/mol. The molecule has 17 heavy (non-hydrogen) atoms. The van der Waals surface area contributed by atoms with E-state index in [0.29, 0.717) is 0 Å². The lowest BCUT2D eigenvalue weighted by Gasteiger charge is -2.32. The van der Waals surface area contributed by atoms with Crippen LogP contribution in [0.4, 0.5) is 0 Å². The van der Waals surface area contributed by atoms with Gasteiger partial charge in [-0.25, -0.2) is 0 Å². The Balaban J connectivity index is 2.43. The maximum Gasteiger partial charge on any atom is -0.00615 e. The Kier molecular flexibility index (Phi) is 2.01. The Labute approximate surface area is 103 Å². The highest BCUT2D eigenvalue weighted by Crippen LogP contribution is 2.53. The molecule has 0 fully saturated rings. The third kappa shape index (κ3) is 1.13. The Bertz CT molecular complexity index is 646. The average molecular weight is 222 g/mol. The van der Waals surface area contributed by atoms with E-state index in [1.165, 1.54) is 50.1 Å². The summed E-state index contributed by atoms with van der Waals surface area (Å²) in [5, 5.41) is 0. The predicted molar refractivity (Wildman–Crippen MR) is 74.6 cm³/mol. The van der Waals surface area contributed by atoms with Gasteiger partial charge in [-0.05, 0) is 84.7 Å². The normalized spacial score (nSPS) is 11.8. The van der Waals surface area contributed by atoms with Crippen molar-refractivity contribution in [3.05, 3.63) is 46.0 Å². The quantitative estimate of drug-likeness (QED) is 0.508. The second-order valence-electron chi connectivity index (χ2n) is 5.25. The van der Waals surface area contributed by atoms with Crippen LogP contribution in [0, 0.1) is 34.6 Å². The highest BCUT2D eigenvalue weighted by Gasteiger charge is 2.29. The van der Waals surface area contributed by atoms with Crippen molar-refractivity contribution >= 4 is 0 Å². The summed E-state index contributed by atoms with van der Waals surface area (Å²) in [7, 11) is 0. The lowest BCUT2D eigenvalue weighted by Crippen LogP contribution is -2.09. The number of benzene rings is 2. The van der Waals surface area contributed by atoms with Gasteiger partial charge < -0.3 is 0 Å². The first-order chi connectivity index (χ1) is 8.04. The van der Waals surface area contributed by atoms with E-state index in [9.17, 15) is 0 Å². The summed E-state index contributed by atoms with van der Waals surface area (Å²) < 4.78 is 0. The molecule has 2 aromatic rings. The van der Waals surface area contributed by atoms with Crippen LogP contribution in [0.2, 0.25) is 0 Å². The molecule has 0 saturated carbocycles. The first-order valence-corrected chi connectivity index (χ1v) is 6.24. The molecule has 3 rings (SSSR count). The van der Waals surface area contributed by atoms with Gasteiger partial charge in [0.1, 0.15) is 0 Å². The Morgan fingerprint density at radius 1 is 0.588 bits per heavy atom. The molecule has 0 nitrogen and oxygen atoms in total. The number of fused-ring (bicyclic) bond motifs is 4. The van der Waals surface area contributed by atoms with E-state index in [1.54, 1.807) is 0 Å². The third-order valence-corrected chi connectivity index (χ3v) is 4.48. The fourth-order valence-electron chi connectivity index (χ4n) is 3.11. The number of rotatable bonds is 0. The summed E-state index contributed by atoms with van der Waals surface area (Å²) in [5.41, 5.74) is 13.1. The molecule has 0 atom stereocenters. The molecule has 0 aliphatic heterocycles.